The highest BCUT2D eigenvalue weighted by Gasteiger charge is 2.21. The molecule has 0 bridgehead atoms. The monoisotopic (exact) mass is 260 g/mol. The second kappa shape index (κ2) is 6.22. The molecule has 0 spiro atoms. The van der Waals surface area contributed by atoms with E-state index >= 15 is 0 Å². The number of carbonyl (C=O) groups is 1. The summed E-state index contributed by atoms with van der Waals surface area (Å²) < 4.78 is 0. The number of rotatable bonds is 4. The maximum absolute atomic E-state index is 11.9. The van der Waals surface area contributed by atoms with Gasteiger partial charge in [0.15, 0.2) is 0 Å². The second-order valence-electron chi connectivity index (χ2n) is 4.90. The van der Waals surface area contributed by atoms with Gasteiger partial charge < -0.3 is 16.4 Å². The molecule has 0 aromatic heterocycles. The van der Waals surface area contributed by atoms with E-state index in [9.17, 15) is 4.79 Å². The lowest BCUT2D eigenvalue weighted by atomic mass is 10.1. The molecular formula is C14H20N4O. The number of hydrogen-bond acceptors (Lipinski definition) is 2. The Morgan fingerprint density at radius 2 is 1.89 bits per heavy atom. The predicted octanol–water partition coefficient (Wildman–Crippen LogP) is 1.91. The Kier molecular flexibility index (Phi) is 4.39. The summed E-state index contributed by atoms with van der Waals surface area (Å²) in [6, 6.07) is 8.74. The molecule has 0 aliphatic heterocycles. The van der Waals surface area contributed by atoms with Crippen molar-refractivity contribution >= 4 is 11.9 Å². The van der Waals surface area contributed by atoms with Crippen LogP contribution in [0.4, 0.5) is 4.79 Å². The topological polar surface area (TPSA) is 91.0 Å². The van der Waals surface area contributed by atoms with Gasteiger partial charge in [-0.15, -0.1) is 0 Å². The third-order valence-electron chi connectivity index (χ3n) is 3.41. The fraction of sp³-hybridized carbons (Fsp3) is 0.429. The number of hydrogen-bond donors (Lipinski definition) is 4. The van der Waals surface area contributed by atoms with Gasteiger partial charge in [-0.3, -0.25) is 5.41 Å². The van der Waals surface area contributed by atoms with Crippen molar-refractivity contribution < 1.29 is 4.79 Å². The van der Waals surface area contributed by atoms with Crippen molar-refractivity contribution in [1.29, 1.82) is 5.41 Å². The standard InChI is InChI=1S/C14H20N4O/c15-13(16)12(10-6-2-1-3-7-10)18-14(19)17-11-8-4-5-9-11/h1-3,6-7,11-12H,4-5,8-9H2,(H3,15,16)(H2,17,18,19). The molecule has 5 N–H and O–H groups in total. The zero-order valence-corrected chi connectivity index (χ0v) is 10.9. The summed E-state index contributed by atoms with van der Waals surface area (Å²) in [6.07, 6.45) is 4.40. The molecule has 1 aliphatic rings. The van der Waals surface area contributed by atoms with E-state index in [2.05, 4.69) is 10.6 Å². The van der Waals surface area contributed by atoms with Crippen LogP contribution in [-0.4, -0.2) is 17.9 Å². The van der Waals surface area contributed by atoms with Crippen LogP contribution in [-0.2, 0) is 0 Å². The Hall–Kier alpha value is -2.04. The zero-order valence-electron chi connectivity index (χ0n) is 10.9. The number of urea groups is 1. The van der Waals surface area contributed by atoms with Crippen molar-refractivity contribution in [2.75, 3.05) is 0 Å². The highest BCUT2D eigenvalue weighted by Crippen LogP contribution is 2.18. The highest BCUT2D eigenvalue weighted by atomic mass is 16.2. The number of amidine groups is 1. The van der Waals surface area contributed by atoms with E-state index in [0.29, 0.717) is 0 Å². The van der Waals surface area contributed by atoms with Crippen LogP contribution in [0.15, 0.2) is 30.3 Å². The third-order valence-corrected chi connectivity index (χ3v) is 3.41. The number of nitrogens with one attached hydrogen (secondary N) is 3. The maximum Gasteiger partial charge on any atom is 0.315 e. The first kappa shape index (κ1) is 13.4. The first-order valence-electron chi connectivity index (χ1n) is 6.62. The number of amides is 2. The van der Waals surface area contributed by atoms with Gasteiger partial charge in [-0.25, -0.2) is 4.79 Å². The molecule has 0 saturated heterocycles. The Bertz CT molecular complexity index is 440. The van der Waals surface area contributed by atoms with Crippen LogP contribution < -0.4 is 16.4 Å². The fourth-order valence-corrected chi connectivity index (χ4v) is 2.41. The molecule has 2 amide bonds. The molecule has 0 radical (unpaired) electrons. The normalized spacial score (nSPS) is 16.8. The van der Waals surface area contributed by atoms with Crippen LogP contribution >= 0.6 is 0 Å². The Morgan fingerprint density at radius 3 is 2.47 bits per heavy atom. The zero-order chi connectivity index (χ0) is 13.7. The molecule has 0 heterocycles. The van der Waals surface area contributed by atoms with Gasteiger partial charge in [-0.1, -0.05) is 43.2 Å². The van der Waals surface area contributed by atoms with E-state index < -0.39 is 6.04 Å². The molecule has 19 heavy (non-hydrogen) atoms. The molecule has 1 aliphatic carbocycles. The molecule has 1 unspecified atom stereocenters. The second-order valence-corrected chi connectivity index (χ2v) is 4.90. The molecule has 5 nitrogen and oxygen atoms in total. The summed E-state index contributed by atoms with van der Waals surface area (Å²) in [7, 11) is 0. The van der Waals surface area contributed by atoms with Gasteiger partial charge in [0, 0.05) is 6.04 Å². The quantitative estimate of drug-likeness (QED) is 0.492. The van der Waals surface area contributed by atoms with Crippen LogP contribution in [0.2, 0.25) is 0 Å². The summed E-state index contributed by atoms with van der Waals surface area (Å²) in [4.78, 5) is 11.9. The van der Waals surface area contributed by atoms with Crippen LogP contribution in [0.5, 0.6) is 0 Å². The summed E-state index contributed by atoms with van der Waals surface area (Å²) >= 11 is 0. The van der Waals surface area contributed by atoms with Crippen molar-refractivity contribution in [3.63, 3.8) is 0 Å². The van der Waals surface area contributed by atoms with Crippen LogP contribution in [0.25, 0.3) is 0 Å². The van der Waals surface area contributed by atoms with Gasteiger partial charge >= 0.3 is 6.03 Å². The summed E-state index contributed by atoms with van der Waals surface area (Å²) in [5, 5.41) is 13.3. The molecule has 1 saturated carbocycles. The van der Waals surface area contributed by atoms with Crippen molar-refractivity contribution in [3.8, 4) is 0 Å². The lowest BCUT2D eigenvalue weighted by Gasteiger charge is -2.20. The van der Waals surface area contributed by atoms with E-state index in [1.54, 1.807) is 0 Å². The molecule has 1 aromatic carbocycles. The first-order chi connectivity index (χ1) is 9.16. The molecule has 2 rings (SSSR count). The molecule has 5 heteroatoms. The molecule has 1 fully saturated rings. The summed E-state index contributed by atoms with van der Waals surface area (Å²) in [5.41, 5.74) is 6.38. The predicted molar refractivity (Wildman–Crippen MR) is 75.0 cm³/mol. The van der Waals surface area contributed by atoms with E-state index in [4.69, 9.17) is 11.1 Å². The SMILES string of the molecule is N=C(N)C(NC(=O)NC1CCCC1)c1ccccc1. The average Bonchev–Trinajstić information content (AvgIpc) is 2.89. The van der Waals surface area contributed by atoms with Crippen LogP contribution in [0.1, 0.15) is 37.3 Å². The molecule has 102 valence electrons. The van der Waals surface area contributed by atoms with Crippen molar-refractivity contribution in [2.45, 2.75) is 37.8 Å². The van der Waals surface area contributed by atoms with Crippen molar-refractivity contribution in [2.24, 2.45) is 5.73 Å². The minimum absolute atomic E-state index is 0.0622. The maximum atomic E-state index is 11.9. The highest BCUT2D eigenvalue weighted by molar-refractivity contribution is 5.88. The van der Waals surface area contributed by atoms with Gasteiger partial charge in [-0.05, 0) is 18.4 Å². The average molecular weight is 260 g/mol. The van der Waals surface area contributed by atoms with Crippen molar-refractivity contribution in [1.82, 2.24) is 10.6 Å². The third kappa shape index (κ3) is 3.71. The van der Waals surface area contributed by atoms with Gasteiger partial charge in [0.2, 0.25) is 0 Å². The summed E-state index contributed by atoms with van der Waals surface area (Å²) in [6.45, 7) is 0. The van der Waals surface area contributed by atoms with E-state index in [1.807, 2.05) is 30.3 Å². The number of nitrogens with two attached hydrogens (primary N) is 1. The smallest absolute Gasteiger partial charge is 0.315 e. The van der Waals surface area contributed by atoms with E-state index in [-0.39, 0.29) is 17.9 Å². The minimum atomic E-state index is -0.567. The fourth-order valence-electron chi connectivity index (χ4n) is 2.41. The lowest BCUT2D eigenvalue weighted by molar-refractivity contribution is 0.235. The van der Waals surface area contributed by atoms with Crippen molar-refractivity contribution in [3.05, 3.63) is 35.9 Å². The van der Waals surface area contributed by atoms with E-state index in [1.165, 1.54) is 12.8 Å². The summed E-state index contributed by atoms with van der Waals surface area (Å²) in [5.74, 6) is -0.0622. The molecule has 1 atom stereocenters. The Balaban J connectivity index is 1.97. The minimum Gasteiger partial charge on any atom is -0.386 e. The Morgan fingerprint density at radius 1 is 1.26 bits per heavy atom. The van der Waals surface area contributed by atoms with Gasteiger partial charge in [-0.2, -0.15) is 0 Å². The Labute approximate surface area is 113 Å². The number of benzene rings is 1. The first-order valence-corrected chi connectivity index (χ1v) is 6.62. The molecular weight excluding hydrogens is 240 g/mol. The van der Waals surface area contributed by atoms with Gasteiger partial charge in [0.25, 0.3) is 0 Å². The van der Waals surface area contributed by atoms with Crippen LogP contribution in [0.3, 0.4) is 0 Å². The van der Waals surface area contributed by atoms with Gasteiger partial charge in [0.1, 0.15) is 11.9 Å². The lowest BCUT2D eigenvalue weighted by Crippen LogP contribution is -2.45. The van der Waals surface area contributed by atoms with Gasteiger partial charge in [0.05, 0.1) is 0 Å². The largest absolute Gasteiger partial charge is 0.386 e. The van der Waals surface area contributed by atoms with E-state index in [0.717, 1.165) is 18.4 Å². The number of carbonyl (C=O) groups excluding carboxylic acids is 1. The molecule has 1 aromatic rings. The van der Waals surface area contributed by atoms with Crippen LogP contribution in [0, 0.1) is 5.41 Å².